The molecule has 1 unspecified atom stereocenters. The van der Waals surface area contributed by atoms with Gasteiger partial charge in [0.25, 0.3) is 0 Å². The molecule has 0 N–H and O–H groups in total. The van der Waals surface area contributed by atoms with Crippen LogP contribution in [-0.4, -0.2) is 0 Å². The third-order valence-electron chi connectivity index (χ3n) is 2.76. The first-order chi connectivity index (χ1) is 7.78. The third kappa shape index (κ3) is 10.0. The Labute approximate surface area is 104 Å². The van der Waals surface area contributed by atoms with E-state index in [-0.39, 0.29) is 0 Å². The van der Waals surface area contributed by atoms with E-state index in [9.17, 15) is 0 Å². The van der Waals surface area contributed by atoms with Gasteiger partial charge in [-0.25, -0.2) is 0 Å². The molecule has 0 nitrogen and oxygen atoms in total. The molecule has 0 amide bonds. The molecule has 0 aromatic rings. The van der Waals surface area contributed by atoms with Crippen molar-refractivity contribution in [3.05, 3.63) is 24.3 Å². The van der Waals surface area contributed by atoms with Gasteiger partial charge in [-0.15, -0.1) is 6.58 Å². The van der Waals surface area contributed by atoms with Crippen LogP contribution >= 0.6 is 0 Å². The zero-order chi connectivity index (χ0) is 12.8. The van der Waals surface area contributed by atoms with Crippen molar-refractivity contribution in [2.75, 3.05) is 0 Å². The van der Waals surface area contributed by atoms with Crippen molar-refractivity contribution in [1.29, 1.82) is 0 Å². The zero-order valence-electron chi connectivity index (χ0n) is 12.2. The van der Waals surface area contributed by atoms with Crippen molar-refractivity contribution < 1.29 is 0 Å². The summed E-state index contributed by atoms with van der Waals surface area (Å²) >= 11 is 0. The molecule has 1 aliphatic rings. The van der Waals surface area contributed by atoms with Crippen LogP contribution in [0.3, 0.4) is 0 Å². The summed E-state index contributed by atoms with van der Waals surface area (Å²) in [5.41, 5.74) is 1.69. The molecule has 16 heavy (non-hydrogen) atoms. The van der Waals surface area contributed by atoms with Gasteiger partial charge in [0.15, 0.2) is 0 Å². The molecule has 0 aliphatic heterocycles. The lowest BCUT2D eigenvalue weighted by Crippen LogP contribution is -2.04. The fraction of sp³-hybridized carbons (Fsp3) is 0.750. The maximum Gasteiger partial charge on any atom is -0.0318 e. The van der Waals surface area contributed by atoms with Crippen LogP contribution in [0, 0.1) is 5.92 Å². The Morgan fingerprint density at radius 3 is 2.25 bits per heavy atom. The van der Waals surface area contributed by atoms with Gasteiger partial charge in [-0.2, -0.15) is 0 Å². The van der Waals surface area contributed by atoms with Crippen molar-refractivity contribution in [2.45, 2.75) is 73.1 Å². The fourth-order valence-corrected chi connectivity index (χ4v) is 1.93. The smallest absolute Gasteiger partial charge is 0.0318 e. The molecule has 0 spiro atoms. The Kier molecular flexibility index (Phi) is 16.2. The van der Waals surface area contributed by atoms with E-state index in [0.29, 0.717) is 0 Å². The molecular weight excluding hydrogens is 192 g/mol. The number of hydrogen-bond donors (Lipinski definition) is 0. The van der Waals surface area contributed by atoms with Gasteiger partial charge in [-0.3, -0.25) is 0 Å². The topological polar surface area (TPSA) is 0 Å². The molecule has 1 aliphatic carbocycles. The van der Waals surface area contributed by atoms with Crippen LogP contribution in [0.4, 0.5) is 0 Å². The Balaban J connectivity index is 0. The SMILES string of the molecule is C=CC.CC.CCCC1CC=C(CC)CC1. The van der Waals surface area contributed by atoms with Crippen molar-refractivity contribution in [3.8, 4) is 0 Å². The highest BCUT2D eigenvalue weighted by Gasteiger charge is 2.11. The zero-order valence-corrected chi connectivity index (χ0v) is 12.2. The van der Waals surface area contributed by atoms with E-state index < -0.39 is 0 Å². The molecule has 0 fully saturated rings. The second kappa shape index (κ2) is 14.5. The van der Waals surface area contributed by atoms with Crippen LogP contribution < -0.4 is 0 Å². The predicted molar refractivity (Wildman–Crippen MR) is 77.8 cm³/mol. The van der Waals surface area contributed by atoms with Crippen LogP contribution in [0.1, 0.15) is 73.1 Å². The van der Waals surface area contributed by atoms with Gasteiger partial charge in [0.1, 0.15) is 0 Å². The van der Waals surface area contributed by atoms with E-state index in [1.807, 2.05) is 20.8 Å². The molecular formula is C16H32. The van der Waals surface area contributed by atoms with Crippen LogP contribution in [0.5, 0.6) is 0 Å². The van der Waals surface area contributed by atoms with Crippen molar-refractivity contribution in [2.24, 2.45) is 5.92 Å². The average Bonchev–Trinajstić information content (AvgIpc) is 2.34. The lowest BCUT2D eigenvalue weighted by molar-refractivity contribution is 0.429. The maximum absolute atomic E-state index is 3.36. The molecule has 0 saturated carbocycles. The third-order valence-corrected chi connectivity index (χ3v) is 2.76. The first-order valence-corrected chi connectivity index (χ1v) is 7.03. The Hall–Kier alpha value is -0.520. The normalized spacial score (nSPS) is 18.3. The van der Waals surface area contributed by atoms with E-state index in [0.717, 1.165) is 5.92 Å². The largest absolute Gasteiger partial charge is 0.103 e. The van der Waals surface area contributed by atoms with Gasteiger partial charge in [-0.05, 0) is 38.5 Å². The molecule has 0 heterocycles. The van der Waals surface area contributed by atoms with E-state index in [1.165, 1.54) is 38.5 Å². The summed E-state index contributed by atoms with van der Waals surface area (Å²) in [4.78, 5) is 0. The monoisotopic (exact) mass is 224 g/mol. The van der Waals surface area contributed by atoms with Crippen molar-refractivity contribution in [3.63, 3.8) is 0 Å². The Bertz CT molecular complexity index is 165. The van der Waals surface area contributed by atoms with Gasteiger partial charge in [0, 0.05) is 0 Å². The van der Waals surface area contributed by atoms with Crippen molar-refractivity contribution in [1.82, 2.24) is 0 Å². The molecule has 0 aromatic carbocycles. The molecule has 96 valence electrons. The van der Waals surface area contributed by atoms with Crippen LogP contribution in [0.15, 0.2) is 24.3 Å². The molecule has 1 atom stereocenters. The first-order valence-electron chi connectivity index (χ1n) is 7.03. The van der Waals surface area contributed by atoms with Crippen molar-refractivity contribution >= 4 is 0 Å². The molecule has 1 rings (SSSR count). The first kappa shape index (κ1) is 17.9. The summed E-state index contributed by atoms with van der Waals surface area (Å²) in [6.45, 7) is 13.8. The number of hydrogen-bond acceptors (Lipinski definition) is 0. The summed E-state index contributed by atoms with van der Waals surface area (Å²) in [5.74, 6) is 1.01. The molecule has 0 radical (unpaired) electrons. The van der Waals surface area contributed by atoms with E-state index >= 15 is 0 Å². The number of rotatable bonds is 3. The average molecular weight is 224 g/mol. The summed E-state index contributed by atoms with van der Waals surface area (Å²) in [5, 5.41) is 0. The summed E-state index contributed by atoms with van der Waals surface area (Å²) in [6, 6.07) is 0. The predicted octanol–water partition coefficient (Wildman–Crippen LogP) is 6.14. The lowest BCUT2D eigenvalue weighted by Gasteiger charge is -2.20. The minimum absolute atomic E-state index is 1.01. The van der Waals surface area contributed by atoms with Gasteiger partial charge >= 0.3 is 0 Å². The highest BCUT2D eigenvalue weighted by Crippen LogP contribution is 2.27. The summed E-state index contributed by atoms with van der Waals surface area (Å²) in [6.07, 6.45) is 12.5. The standard InChI is InChI=1S/C11H20.C3H6.C2H6/c1-3-5-11-8-6-10(4-2)7-9-11;1-3-2;1-2/h6,11H,3-5,7-9H2,1-2H3;3H,1H2,2H3;1-2H3. The van der Waals surface area contributed by atoms with Crippen LogP contribution in [0.25, 0.3) is 0 Å². The van der Waals surface area contributed by atoms with Crippen LogP contribution in [-0.2, 0) is 0 Å². The minimum atomic E-state index is 1.01. The maximum atomic E-state index is 3.36. The van der Waals surface area contributed by atoms with Gasteiger partial charge in [0.05, 0.1) is 0 Å². The highest BCUT2D eigenvalue weighted by molar-refractivity contribution is 5.05. The van der Waals surface area contributed by atoms with Gasteiger partial charge in [0.2, 0.25) is 0 Å². The Morgan fingerprint density at radius 2 is 1.94 bits per heavy atom. The van der Waals surface area contributed by atoms with Crippen LogP contribution in [0.2, 0.25) is 0 Å². The summed E-state index contributed by atoms with van der Waals surface area (Å²) in [7, 11) is 0. The highest BCUT2D eigenvalue weighted by atomic mass is 14.2. The molecule has 0 heteroatoms. The molecule has 0 bridgehead atoms. The molecule has 0 saturated heterocycles. The Morgan fingerprint density at radius 1 is 1.38 bits per heavy atom. The minimum Gasteiger partial charge on any atom is -0.103 e. The van der Waals surface area contributed by atoms with E-state index in [4.69, 9.17) is 0 Å². The summed E-state index contributed by atoms with van der Waals surface area (Å²) < 4.78 is 0. The quantitative estimate of drug-likeness (QED) is 0.505. The lowest BCUT2D eigenvalue weighted by atomic mass is 9.86. The number of allylic oxidation sites excluding steroid dienone is 3. The second-order valence-corrected chi connectivity index (χ2v) is 4.05. The fourth-order valence-electron chi connectivity index (χ4n) is 1.93. The molecule has 0 aromatic heterocycles. The van der Waals surface area contributed by atoms with Gasteiger partial charge in [-0.1, -0.05) is 58.3 Å². The van der Waals surface area contributed by atoms with Gasteiger partial charge < -0.3 is 0 Å². The second-order valence-electron chi connectivity index (χ2n) is 4.05. The van der Waals surface area contributed by atoms with E-state index in [1.54, 1.807) is 11.6 Å². The van der Waals surface area contributed by atoms with E-state index in [2.05, 4.69) is 26.5 Å².